The van der Waals surface area contributed by atoms with Gasteiger partial charge in [-0.1, -0.05) is 43.2 Å². The monoisotopic (exact) mass is 386 g/mol. The van der Waals surface area contributed by atoms with Gasteiger partial charge >= 0.3 is 6.09 Å². The molecule has 3 rings (SSSR count). The van der Waals surface area contributed by atoms with Gasteiger partial charge in [-0.2, -0.15) is 0 Å². The van der Waals surface area contributed by atoms with Crippen LogP contribution in [0, 0.1) is 11.8 Å². The normalized spacial score (nSPS) is 21.0. The lowest BCUT2D eigenvalue weighted by molar-refractivity contribution is 0.146. The van der Waals surface area contributed by atoms with Crippen molar-refractivity contribution in [2.75, 3.05) is 20.6 Å². The van der Waals surface area contributed by atoms with E-state index in [0.29, 0.717) is 29.5 Å². The maximum atomic E-state index is 11.8. The summed E-state index contributed by atoms with van der Waals surface area (Å²) in [5.41, 5.74) is 1.42. The molecule has 27 heavy (non-hydrogen) atoms. The molecule has 1 N–H and O–H groups in total. The highest BCUT2D eigenvalue weighted by Gasteiger charge is 2.29. The molecule has 1 aromatic carbocycles. The maximum Gasteiger partial charge on any atom is 0.413 e. The van der Waals surface area contributed by atoms with E-state index < -0.39 is 0 Å². The third-order valence-corrected chi connectivity index (χ3v) is 6.29. The molecule has 1 aromatic heterocycles. The van der Waals surface area contributed by atoms with E-state index in [4.69, 9.17) is 4.74 Å². The minimum Gasteiger partial charge on any atom is -0.399 e. The number of amides is 1. The minimum atomic E-state index is -0.345. The molecule has 0 saturated heterocycles. The first-order valence-corrected chi connectivity index (χ1v) is 10.7. The average molecular weight is 387 g/mol. The summed E-state index contributed by atoms with van der Waals surface area (Å²) in [6.45, 7) is 0.690. The summed E-state index contributed by atoms with van der Waals surface area (Å²) in [5, 5.41) is 5.43. The number of nitrogens with one attached hydrogen (secondary N) is 1. The molecule has 0 radical (unpaired) electrons. The van der Waals surface area contributed by atoms with E-state index in [1.165, 1.54) is 42.6 Å². The van der Waals surface area contributed by atoms with Crippen molar-refractivity contribution in [1.29, 1.82) is 0 Å². The fourth-order valence-electron chi connectivity index (χ4n) is 4.26. The summed E-state index contributed by atoms with van der Waals surface area (Å²) in [6, 6.07) is 15.0. The molecule has 1 aliphatic carbocycles. The molecule has 1 aliphatic rings. The van der Waals surface area contributed by atoms with Gasteiger partial charge in [0.05, 0.1) is 0 Å². The van der Waals surface area contributed by atoms with E-state index in [1.54, 1.807) is 6.07 Å². The lowest BCUT2D eigenvalue weighted by Crippen LogP contribution is -2.32. The summed E-state index contributed by atoms with van der Waals surface area (Å²) in [5.74, 6) is 1.40. The molecule has 1 unspecified atom stereocenters. The number of thiophene rings is 1. The first-order valence-electron chi connectivity index (χ1n) is 9.84. The molecule has 1 amide bonds. The molecule has 1 saturated carbocycles. The number of benzene rings is 1. The third kappa shape index (κ3) is 5.81. The topological polar surface area (TPSA) is 41.6 Å². The molecule has 0 bridgehead atoms. The lowest BCUT2D eigenvalue weighted by Gasteiger charge is -2.37. The highest BCUT2D eigenvalue weighted by atomic mass is 32.1. The first kappa shape index (κ1) is 19.9. The molecular formula is C22H30N2O2S. The molecule has 1 heterocycles. The standard InChI is InChI=1S/C22H30N2O2S/c1-24(2)21(18-7-4-3-5-8-18)19-12-10-17(11-13-19)14-15-23-22(25)26-20-9-6-16-27-20/h3-9,16-17,19,21H,10-15H2,1-2H3,(H,23,25). The van der Waals surface area contributed by atoms with Crippen molar-refractivity contribution in [2.24, 2.45) is 11.8 Å². The Bertz CT molecular complexity index is 680. The largest absolute Gasteiger partial charge is 0.413 e. The second-order valence-electron chi connectivity index (χ2n) is 7.64. The van der Waals surface area contributed by atoms with Crippen LogP contribution in [0.4, 0.5) is 4.79 Å². The Balaban J connectivity index is 1.41. The van der Waals surface area contributed by atoms with Crippen molar-refractivity contribution in [1.82, 2.24) is 10.2 Å². The van der Waals surface area contributed by atoms with E-state index >= 15 is 0 Å². The SMILES string of the molecule is CN(C)C(c1ccccc1)C1CCC(CCNC(=O)Oc2cccs2)CC1. The Labute approximate surface area is 166 Å². The smallest absolute Gasteiger partial charge is 0.399 e. The second-order valence-corrected chi connectivity index (χ2v) is 8.55. The van der Waals surface area contributed by atoms with E-state index in [-0.39, 0.29) is 6.09 Å². The van der Waals surface area contributed by atoms with Crippen LogP contribution in [0.15, 0.2) is 47.8 Å². The zero-order chi connectivity index (χ0) is 19.1. The number of hydrogen-bond donors (Lipinski definition) is 1. The summed E-state index contributed by atoms with van der Waals surface area (Å²) in [4.78, 5) is 14.2. The van der Waals surface area contributed by atoms with Gasteiger partial charge in [0.2, 0.25) is 0 Å². The van der Waals surface area contributed by atoms with Crippen LogP contribution in [0.1, 0.15) is 43.7 Å². The first-order chi connectivity index (χ1) is 13.1. The highest BCUT2D eigenvalue weighted by molar-refractivity contribution is 7.11. The molecule has 146 valence electrons. The van der Waals surface area contributed by atoms with Crippen molar-refractivity contribution in [2.45, 2.75) is 38.1 Å². The van der Waals surface area contributed by atoms with Crippen molar-refractivity contribution in [3.63, 3.8) is 0 Å². The van der Waals surface area contributed by atoms with Crippen LogP contribution in [0.2, 0.25) is 0 Å². The quantitative estimate of drug-likeness (QED) is 0.699. The molecule has 0 aliphatic heterocycles. The van der Waals surface area contributed by atoms with Crippen LogP contribution in [0.5, 0.6) is 5.06 Å². The van der Waals surface area contributed by atoms with Crippen molar-refractivity contribution < 1.29 is 9.53 Å². The van der Waals surface area contributed by atoms with Crippen LogP contribution in [0.3, 0.4) is 0 Å². The van der Waals surface area contributed by atoms with Gasteiger partial charge in [-0.15, -0.1) is 11.3 Å². The summed E-state index contributed by atoms with van der Waals surface area (Å²) in [6.07, 6.45) is 5.67. The lowest BCUT2D eigenvalue weighted by atomic mass is 9.75. The molecular weight excluding hydrogens is 356 g/mol. The average Bonchev–Trinajstić information content (AvgIpc) is 3.17. The highest BCUT2D eigenvalue weighted by Crippen LogP contribution is 2.40. The van der Waals surface area contributed by atoms with Gasteiger partial charge in [0.15, 0.2) is 5.06 Å². The van der Waals surface area contributed by atoms with Gasteiger partial charge in [-0.25, -0.2) is 4.79 Å². The number of ether oxygens (including phenoxy) is 1. The second kappa shape index (κ2) is 9.90. The Morgan fingerprint density at radius 3 is 2.52 bits per heavy atom. The number of nitrogens with zero attached hydrogens (tertiary/aromatic N) is 1. The zero-order valence-corrected chi connectivity index (χ0v) is 17.1. The molecule has 0 spiro atoms. The number of hydrogen-bond acceptors (Lipinski definition) is 4. The molecule has 1 fully saturated rings. The predicted octanol–water partition coefficient (Wildman–Crippen LogP) is 5.34. The van der Waals surface area contributed by atoms with Gasteiger partial charge in [-0.05, 0) is 68.3 Å². The number of rotatable bonds is 7. The van der Waals surface area contributed by atoms with Crippen LogP contribution < -0.4 is 10.1 Å². The summed E-state index contributed by atoms with van der Waals surface area (Å²) < 4.78 is 5.23. The van der Waals surface area contributed by atoms with E-state index in [2.05, 4.69) is 54.6 Å². The van der Waals surface area contributed by atoms with Crippen LogP contribution in [-0.4, -0.2) is 31.6 Å². The number of carbonyl (C=O) groups excluding carboxylic acids is 1. The minimum absolute atomic E-state index is 0.345. The van der Waals surface area contributed by atoms with Crippen LogP contribution in [0.25, 0.3) is 0 Å². The summed E-state index contributed by atoms with van der Waals surface area (Å²) in [7, 11) is 4.37. The van der Waals surface area contributed by atoms with Crippen LogP contribution >= 0.6 is 11.3 Å². The molecule has 5 heteroatoms. The van der Waals surface area contributed by atoms with E-state index in [1.807, 2.05) is 11.4 Å². The Kier molecular flexibility index (Phi) is 7.30. The van der Waals surface area contributed by atoms with Crippen molar-refractivity contribution in [3.05, 3.63) is 53.4 Å². The van der Waals surface area contributed by atoms with E-state index in [9.17, 15) is 4.79 Å². The van der Waals surface area contributed by atoms with Gasteiger partial charge in [0.25, 0.3) is 0 Å². The predicted molar refractivity (Wildman–Crippen MR) is 111 cm³/mol. The number of carbonyl (C=O) groups is 1. The molecule has 2 aromatic rings. The van der Waals surface area contributed by atoms with Gasteiger partial charge < -0.3 is 15.0 Å². The fraction of sp³-hybridized carbons (Fsp3) is 0.500. The fourth-order valence-corrected chi connectivity index (χ4v) is 4.83. The van der Waals surface area contributed by atoms with E-state index in [0.717, 1.165) is 6.42 Å². The van der Waals surface area contributed by atoms with Gasteiger partial charge in [0, 0.05) is 12.6 Å². The summed E-state index contributed by atoms with van der Waals surface area (Å²) >= 11 is 1.43. The Morgan fingerprint density at radius 2 is 1.89 bits per heavy atom. The maximum absolute atomic E-state index is 11.8. The Morgan fingerprint density at radius 1 is 1.15 bits per heavy atom. The molecule has 4 nitrogen and oxygen atoms in total. The molecule has 1 atom stereocenters. The van der Waals surface area contributed by atoms with Gasteiger partial charge in [0.1, 0.15) is 0 Å². The van der Waals surface area contributed by atoms with Gasteiger partial charge in [-0.3, -0.25) is 0 Å². The van der Waals surface area contributed by atoms with Crippen molar-refractivity contribution in [3.8, 4) is 5.06 Å². The Hall–Kier alpha value is -1.85. The van der Waals surface area contributed by atoms with Crippen molar-refractivity contribution >= 4 is 17.4 Å². The van der Waals surface area contributed by atoms with Crippen LogP contribution in [-0.2, 0) is 0 Å². The zero-order valence-electron chi connectivity index (χ0n) is 16.3. The third-order valence-electron chi connectivity index (χ3n) is 5.55.